The number of pyridine rings is 1. The van der Waals surface area contributed by atoms with Gasteiger partial charge in [-0.1, -0.05) is 28.1 Å². The molecule has 0 atom stereocenters. The molecule has 1 aromatic heterocycles. The summed E-state index contributed by atoms with van der Waals surface area (Å²) in [5, 5.41) is 0. The molecule has 3 heteroatoms. The van der Waals surface area contributed by atoms with Crippen molar-refractivity contribution >= 4 is 15.9 Å². The molecule has 0 spiro atoms. The normalized spacial score (nSPS) is 10.3. The van der Waals surface area contributed by atoms with Crippen molar-refractivity contribution in [2.24, 2.45) is 0 Å². The highest BCUT2D eigenvalue weighted by Gasteiger charge is 2.03. The second kappa shape index (κ2) is 5.32. The maximum Gasteiger partial charge on any atom is 0.130 e. The largest absolute Gasteiger partial charge is 0.487 e. The van der Waals surface area contributed by atoms with Crippen molar-refractivity contribution in [2.45, 2.75) is 20.5 Å². The van der Waals surface area contributed by atoms with Gasteiger partial charge in [-0.15, -0.1) is 0 Å². The number of halogens is 1. The van der Waals surface area contributed by atoms with E-state index in [1.165, 1.54) is 0 Å². The molecule has 0 unspecified atom stereocenters. The minimum Gasteiger partial charge on any atom is -0.487 e. The molecule has 2 rings (SSSR count). The fraction of sp³-hybridized carbons (Fsp3) is 0.214. The molecule has 0 bridgehead atoms. The monoisotopic (exact) mass is 291 g/mol. The topological polar surface area (TPSA) is 22.1 Å². The van der Waals surface area contributed by atoms with Crippen molar-refractivity contribution in [3.8, 4) is 5.75 Å². The fourth-order valence-corrected chi connectivity index (χ4v) is 1.89. The molecule has 1 heterocycles. The van der Waals surface area contributed by atoms with Crippen molar-refractivity contribution in [3.05, 3.63) is 57.8 Å². The minimum absolute atomic E-state index is 0.504. The number of rotatable bonds is 3. The van der Waals surface area contributed by atoms with E-state index in [2.05, 4.69) is 20.9 Å². The first-order chi connectivity index (χ1) is 8.16. The summed E-state index contributed by atoms with van der Waals surface area (Å²) in [7, 11) is 0. The molecular weight excluding hydrogens is 278 g/mol. The Labute approximate surface area is 110 Å². The van der Waals surface area contributed by atoms with Crippen molar-refractivity contribution in [1.29, 1.82) is 0 Å². The number of aryl methyl sites for hydroxylation is 2. The van der Waals surface area contributed by atoms with Gasteiger partial charge in [-0.25, -0.2) is 0 Å². The van der Waals surface area contributed by atoms with Crippen molar-refractivity contribution < 1.29 is 4.74 Å². The van der Waals surface area contributed by atoms with E-state index in [0.29, 0.717) is 6.61 Å². The van der Waals surface area contributed by atoms with Crippen LogP contribution in [0.4, 0.5) is 0 Å². The van der Waals surface area contributed by atoms with Crippen LogP contribution in [0.2, 0.25) is 0 Å². The Morgan fingerprint density at radius 1 is 1.18 bits per heavy atom. The Morgan fingerprint density at radius 3 is 2.76 bits per heavy atom. The van der Waals surface area contributed by atoms with E-state index in [-0.39, 0.29) is 0 Å². The van der Waals surface area contributed by atoms with E-state index in [0.717, 1.165) is 27.0 Å². The lowest BCUT2D eigenvalue weighted by Gasteiger charge is -2.10. The van der Waals surface area contributed by atoms with Crippen LogP contribution in [0.3, 0.4) is 0 Å². The molecule has 0 amide bonds. The van der Waals surface area contributed by atoms with Gasteiger partial charge >= 0.3 is 0 Å². The van der Waals surface area contributed by atoms with Crippen LogP contribution >= 0.6 is 15.9 Å². The Bertz CT molecular complexity index is 525. The number of hydrogen-bond donors (Lipinski definition) is 0. The minimum atomic E-state index is 0.504. The maximum absolute atomic E-state index is 5.79. The van der Waals surface area contributed by atoms with Crippen molar-refractivity contribution in [3.63, 3.8) is 0 Å². The maximum atomic E-state index is 5.79. The van der Waals surface area contributed by atoms with E-state index in [4.69, 9.17) is 4.74 Å². The zero-order valence-corrected chi connectivity index (χ0v) is 11.5. The zero-order chi connectivity index (χ0) is 12.3. The van der Waals surface area contributed by atoms with E-state index >= 15 is 0 Å². The quantitative estimate of drug-likeness (QED) is 0.851. The van der Waals surface area contributed by atoms with Crippen LogP contribution in [0.15, 0.2) is 41.0 Å². The van der Waals surface area contributed by atoms with Crippen LogP contribution in [0.5, 0.6) is 5.75 Å². The molecule has 1 aromatic carbocycles. The number of aromatic nitrogens is 1. The van der Waals surface area contributed by atoms with E-state index in [1.807, 2.05) is 44.2 Å². The van der Waals surface area contributed by atoms with Crippen LogP contribution in [0, 0.1) is 13.8 Å². The van der Waals surface area contributed by atoms with Crippen molar-refractivity contribution in [1.82, 2.24) is 4.98 Å². The number of benzene rings is 1. The second-order valence-electron chi connectivity index (χ2n) is 3.97. The lowest BCUT2D eigenvalue weighted by atomic mass is 10.2. The second-order valence-corrected chi connectivity index (χ2v) is 4.88. The summed E-state index contributed by atoms with van der Waals surface area (Å²) in [6, 6.07) is 10.00. The first kappa shape index (κ1) is 12.1. The predicted molar refractivity (Wildman–Crippen MR) is 72.2 cm³/mol. The number of hydrogen-bond acceptors (Lipinski definition) is 2. The molecule has 0 aliphatic rings. The Balaban J connectivity index is 2.12. The molecule has 0 radical (unpaired) electrons. The van der Waals surface area contributed by atoms with Gasteiger partial charge in [0, 0.05) is 10.7 Å². The van der Waals surface area contributed by atoms with Crippen LogP contribution in [-0.2, 0) is 6.61 Å². The van der Waals surface area contributed by atoms with Crippen molar-refractivity contribution in [2.75, 3.05) is 0 Å². The standard InChI is InChI=1S/C14H14BrNO/c1-10-4-3-7-16-13(10)9-17-14-8-12(15)6-5-11(14)2/h3-8H,9H2,1-2H3. The average molecular weight is 292 g/mol. The first-order valence-corrected chi connectivity index (χ1v) is 6.25. The number of ether oxygens (including phenoxy) is 1. The van der Waals surface area contributed by atoms with Crippen LogP contribution < -0.4 is 4.74 Å². The molecule has 88 valence electrons. The molecule has 0 saturated heterocycles. The fourth-order valence-electron chi connectivity index (χ4n) is 1.55. The zero-order valence-electron chi connectivity index (χ0n) is 9.90. The molecule has 2 nitrogen and oxygen atoms in total. The molecule has 0 N–H and O–H groups in total. The van der Waals surface area contributed by atoms with Gasteiger partial charge in [0.25, 0.3) is 0 Å². The average Bonchev–Trinajstić information content (AvgIpc) is 2.32. The van der Waals surface area contributed by atoms with E-state index < -0.39 is 0 Å². The highest BCUT2D eigenvalue weighted by Crippen LogP contribution is 2.23. The molecule has 0 saturated carbocycles. The van der Waals surface area contributed by atoms with Crippen LogP contribution in [0.1, 0.15) is 16.8 Å². The van der Waals surface area contributed by atoms with Gasteiger partial charge in [-0.05, 0) is 43.2 Å². The smallest absolute Gasteiger partial charge is 0.130 e. The van der Waals surface area contributed by atoms with Gasteiger partial charge in [0.05, 0.1) is 5.69 Å². The summed E-state index contributed by atoms with van der Waals surface area (Å²) in [5.74, 6) is 0.893. The number of nitrogens with zero attached hydrogens (tertiary/aromatic N) is 1. The molecule has 0 aliphatic carbocycles. The lowest BCUT2D eigenvalue weighted by molar-refractivity contribution is 0.298. The third-order valence-electron chi connectivity index (χ3n) is 2.63. The summed E-state index contributed by atoms with van der Waals surface area (Å²) >= 11 is 3.44. The Morgan fingerprint density at radius 2 is 2.00 bits per heavy atom. The Kier molecular flexibility index (Phi) is 3.79. The molecule has 0 aliphatic heterocycles. The highest BCUT2D eigenvalue weighted by atomic mass is 79.9. The summed E-state index contributed by atoms with van der Waals surface area (Å²) in [4.78, 5) is 4.31. The lowest BCUT2D eigenvalue weighted by Crippen LogP contribution is -2.01. The summed E-state index contributed by atoms with van der Waals surface area (Å²) in [6.45, 7) is 4.58. The SMILES string of the molecule is Cc1ccc(Br)cc1OCc1ncccc1C. The summed E-state index contributed by atoms with van der Waals surface area (Å²) < 4.78 is 6.82. The predicted octanol–water partition coefficient (Wildman–Crippen LogP) is 4.04. The van der Waals surface area contributed by atoms with Gasteiger partial charge in [0.1, 0.15) is 12.4 Å². The van der Waals surface area contributed by atoms with Gasteiger partial charge < -0.3 is 4.74 Å². The molecule has 2 aromatic rings. The molecule has 17 heavy (non-hydrogen) atoms. The molecule has 0 fully saturated rings. The van der Waals surface area contributed by atoms with Gasteiger partial charge in [-0.3, -0.25) is 4.98 Å². The third kappa shape index (κ3) is 3.07. The van der Waals surface area contributed by atoms with Crippen LogP contribution in [0.25, 0.3) is 0 Å². The molecular formula is C14H14BrNO. The highest BCUT2D eigenvalue weighted by molar-refractivity contribution is 9.10. The van der Waals surface area contributed by atoms with Gasteiger partial charge in [0.2, 0.25) is 0 Å². The summed E-state index contributed by atoms with van der Waals surface area (Å²) in [5.41, 5.74) is 3.26. The van der Waals surface area contributed by atoms with E-state index in [9.17, 15) is 0 Å². The van der Waals surface area contributed by atoms with E-state index in [1.54, 1.807) is 6.20 Å². The van der Waals surface area contributed by atoms with Gasteiger partial charge in [-0.2, -0.15) is 0 Å². The third-order valence-corrected chi connectivity index (χ3v) is 3.13. The first-order valence-electron chi connectivity index (χ1n) is 5.46. The van der Waals surface area contributed by atoms with Gasteiger partial charge in [0.15, 0.2) is 0 Å². The summed E-state index contributed by atoms with van der Waals surface area (Å²) in [6.07, 6.45) is 1.79. The van der Waals surface area contributed by atoms with Crippen LogP contribution in [-0.4, -0.2) is 4.98 Å². The Hall–Kier alpha value is -1.35.